The molecule has 0 heterocycles. The van der Waals surface area contributed by atoms with E-state index in [9.17, 15) is 4.79 Å². The summed E-state index contributed by atoms with van der Waals surface area (Å²) >= 11 is 1.85. The van der Waals surface area contributed by atoms with Crippen LogP contribution in [0.5, 0.6) is 0 Å². The number of hydrogen-bond acceptors (Lipinski definition) is 2. The van der Waals surface area contributed by atoms with E-state index in [-0.39, 0.29) is 5.92 Å². The second-order valence-electron chi connectivity index (χ2n) is 3.62. The molecule has 0 rings (SSSR count). The minimum atomic E-state index is 0.248. The Labute approximate surface area is 80.3 Å². The number of ketones is 1. The fourth-order valence-corrected chi connectivity index (χ4v) is 1.77. The standard InChI is InChI=1S/C10H20OS/c1-5-12-7-9(4)10(11)6-8(2)3/h8-9H,5-7H2,1-4H3. The van der Waals surface area contributed by atoms with E-state index in [2.05, 4.69) is 20.8 Å². The van der Waals surface area contributed by atoms with Crippen LogP contribution in [0.25, 0.3) is 0 Å². The van der Waals surface area contributed by atoms with Gasteiger partial charge in [-0.2, -0.15) is 11.8 Å². The number of carbonyl (C=O) groups excluding carboxylic acids is 1. The van der Waals surface area contributed by atoms with Gasteiger partial charge >= 0.3 is 0 Å². The van der Waals surface area contributed by atoms with Gasteiger partial charge in [-0.3, -0.25) is 4.79 Å². The summed E-state index contributed by atoms with van der Waals surface area (Å²) in [5.74, 6) is 3.27. The summed E-state index contributed by atoms with van der Waals surface area (Å²) in [6.45, 7) is 8.35. The molecule has 0 saturated carbocycles. The Bertz CT molecular complexity index is 132. The average molecular weight is 188 g/mol. The Balaban J connectivity index is 3.61. The summed E-state index contributed by atoms with van der Waals surface area (Å²) in [6, 6.07) is 0. The van der Waals surface area contributed by atoms with Crippen molar-refractivity contribution in [2.45, 2.75) is 34.1 Å². The predicted octanol–water partition coefficient (Wildman–Crippen LogP) is 2.99. The number of carbonyl (C=O) groups is 1. The van der Waals surface area contributed by atoms with Gasteiger partial charge in [0.25, 0.3) is 0 Å². The van der Waals surface area contributed by atoms with Crippen molar-refractivity contribution in [1.82, 2.24) is 0 Å². The Morgan fingerprint density at radius 3 is 2.33 bits per heavy atom. The van der Waals surface area contributed by atoms with Crippen LogP contribution in [0.4, 0.5) is 0 Å². The van der Waals surface area contributed by atoms with Crippen molar-refractivity contribution in [2.24, 2.45) is 11.8 Å². The fraction of sp³-hybridized carbons (Fsp3) is 0.900. The molecule has 0 saturated heterocycles. The quantitative estimate of drug-likeness (QED) is 0.637. The van der Waals surface area contributed by atoms with Gasteiger partial charge in [-0.1, -0.05) is 27.7 Å². The van der Waals surface area contributed by atoms with Crippen LogP contribution >= 0.6 is 11.8 Å². The monoisotopic (exact) mass is 188 g/mol. The molecule has 0 aliphatic heterocycles. The highest BCUT2D eigenvalue weighted by molar-refractivity contribution is 7.99. The lowest BCUT2D eigenvalue weighted by Crippen LogP contribution is -2.15. The molecule has 0 radical (unpaired) electrons. The van der Waals surface area contributed by atoms with E-state index in [1.54, 1.807) is 0 Å². The summed E-state index contributed by atoms with van der Waals surface area (Å²) < 4.78 is 0. The third-order valence-electron chi connectivity index (χ3n) is 1.73. The summed E-state index contributed by atoms with van der Waals surface area (Å²) in [7, 11) is 0. The maximum Gasteiger partial charge on any atom is 0.136 e. The van der Waals surface area contributed by atoms with Gasteiger partial charge in [0.2, 0.25) is 0 Å². The second-order valence-corrected chi connectivity index (χ2v) is 4.94. The minimum absolute atomic E-state index is 0.248. The first-order valence-electron chi connectivity index (χ1n) is 4.68. The van der Waals surface area contributed by atoms with Gasteiger partial charge in [-0.15, -0.1) is 0 Å². The van der Waals surface area contributed by atoms with E-state index < -0.39 is 0 Å². The molecule has 1 unspecified atom stereocenters. The fourth-order valence-electron chi connectivity index (χ4n) is 0.991. The zero-order valence-electron chi connectivity index (χ0n) is 8.59. The first-order valence-corrected chi connectivity index (χ1v) is 5.83. The van der Waals surface area contributed by atoms with Crippen LogP contribution in [-0.2, 0) is 4.79 Å². The van der Waals surface area contributed by atoms with Gasteiger partial charge in [-0.05, 0) is 11.7 Å². The molecule has 0 aromatic carbocycles. The van der Waals surface area contributed by atoms with E-state index in [1.807, 2.05) is 18.7 Å². The molecule has 0 aromatic rings. The molecule has 12 heavy (non-hydrogen) atoms. The lowest BCUT2D eigenvalue weighted by molar-refractivity contribution is -0.122. The molecule has 0 bridgehead atoms. The molecule has 1 nitrogen and oxygen atoms in total. The van der Waals surface area contributed by atoms with Crippen LogP contribution in [0, 0.1) is 11.8 Å². The molecular weight excluding hydrogens is 168 g/mol. The van der Waals surface area contributed by atoms with Gasteiger partial charge in [0.05, 0.1) is 0 Å². The molecule has 0 aliphatic rings. The van der Waals surface area contributed by atoms with E-state index >= 15 is 0 Å². The first kappa shape index (κ1) is 12.0. The Hall–Kier alpha value is 0.0200. The normalized spacial score (nSPS) is 13.4. The van der Waals surface area contributed by atoms with Gasteiger partial charge in [0, 0.05) is 18.1 Å². The zero-order chi connectivity index (χ0) is 9.56. The molecule has 0 aliphatic carbocycles. The summed E-state index contributed by atoms with van der Waals surface area (Å²) in [5, 5.41) is 0. The lowest BCUT2D eigenvalue weighted by atomic mass is 9.99. The smallest absolute Gasteiger partial charge is 0.136 e. The molecule has 1 atom stereocenters. The van der Waals surface area contributed by atoms with Crippen LogP contribution in [0.2, 0.25) is 0 Å². The lowest BCUT2D eigenvalue weighted by Gasteiger charge is -2.10. The van der Waals surface area contributed by atoms with Crippen molar-refractivity contribution >= 4 is 17.5 Å². The van der Waals surface area contributed by atoms with Crippen LogP contribution in [-0.4, -0.2) is 17.3 Å². The van der Waals surface area contributed by atoms with Gasteiger partial charge in [0.15, 0.2) is 0 Å². The van der Waals surface area contributed by atoms with Crippen molar-refractivity contribution in [1.29, 1.82) is 0 Å². The Kier molecular flexibility index (Phi) is 6.54. The summed E-state index contributed by atoms with van der Waals surface area (Å²) in [4.78, 5) is 11.4. The first-order chi connectivity index (χ1) is 5.57. The third kappa shape index (κ3) is 5.64. The highest BCUT2D eigenvalue weighted by Gasteiger charge is 2.13. The molecule has 2 heteroatoms. The molecule has 0 N–H and O–H groups in total. The molecule has 72 valence electrons. The molecule has 0 aromatic heterocycles. The molecule has 0 amide bonds. The third-order valence-corrected chi connectivity index (χ3v) is 2.88. The maximum absolute atomic E-state index is 11.4. The SMILES string of the molecule is CCSCC(C)C(=O)CC(C)C. The van der Waals surface area contributed by atoms with Crippen molar-refractivity contribution in [3.8, 4) is 0 Å². The van der Waals surface area contributed by atoms with E-state index in [4.69, 9.17) is 0 Å². The van der Waals surface area contributed by atoms with Crippen molar-refractivity contribution in [3.05, 3.63) is 0 Å². The van der Waals surface area contributed by atoms with Crippen LogP contribution in [0.15, 0.2) is 0 Å². The molecule has 0 spiro atoms. The highest BCUT2D eigenvalue weighted by Crippen LogP contribution is 2.13. The predicted molar refractivity (Wildman–Crippen MR) is 56.6 cm³/mol. The van der Waals surface area contributed by atoms with Crippen LogP contribution in [0.3, 0.4) is 0 Å². The maximum atomic E-state index is 11.4. The number of hydrogen-bond donors (Lipinski definition) is 0. The second kappa shape index (κ2) is 6.53. The van der Waals surface area contributed by atoms with Crippen molar-refractivity contribution in [2.75, 3.05) is 11.5 Å². The molecular formula is C10H20OS. The molecule has 0 fully saturated rings. The Morgan fingerprint density at radius 1 is 1.33 bits per heavy atom. The van der Waals surface area contributed by atoms with E-state index in [1.165, 1.54) is 0 Å². The zero-order valence-corrected chi connectivity index (χ0v) is 9.41. The van der Waals surface area contributed by atoms with Crippen molar-refractivity contribution in [3.63, 3.8) is 0 Å². The van der Waals surface area contributed by atoms with Gasteiger partial charge in [0.1, 0.15) is 5.78 Å². The largest absolute Gasteiger partial charge is 0.299 e. The minimum Gasteiger partial charge on any atom is -0.299 e. The number of rotatable bonds is 6. The highest BCUT2D eigenvalue weighted by atomic mass is 32.2. The Morgan fingerprint density at radius 2 is 1.92 bits per heavy atom. The van der Waals surface area contributed by atoms with Gasteiger partial charge < -0.3 is 0 Å². The number of thioether (sulfide) groups is 1. The van der Waals surface area contributed by atoms with Crippen LogP contribution < -0.4 is 0 Å². The summed E-state index contributed by atoms with van der Waals surface area (Å²) in [5.41, 5.74) is 0. The summed E-state index contributed by atoms with van der Waals surface area (Å²) in [6.07, 6.45) is 0.742. The average Bonchev–Trinajstić information content (AvgIpc) is 1.98. The van der Waals surface area contributed by atoms with Crippen molar-refractivity contribution < 1.29 is 4.79 Å². The van der Waals surface area contributed by atoms with Gasteiger partial charge in [-0.25, -0.2) is 0 Å². The van der Waals surface area contributed by atoms with Crippen LogP contribution in [0.1, 0.15) is 34.1 Å². The number of Topliss-reactive ketones (excluding diaryl/α,β-unsaturated/α-hetero) is 1. The topological polar surface area (TPSA) is 17.1 Å². The van der Waals surface area contributed by atoms with E-state index in [0.717, 1.165) is 17.9 Å². The van der Waals surface area contributed by atoms with E-state index in [0.29, 0.717) is 11.7 Å².